The fourth-order valence-corrected chi connectivity index (χ4v) is 3.47. The highest BCUT2D eigenvalue weighted by Crippen LogP contribution is 2.24. The van der Waals surface area contributed by atoms with Crippen LogP contribution < -0.4 is 5.69 Å². The lowest BCUT2D eigenvalue weighted by Crippen LogP contribution is -2.32. The van der Waals surface area contributed by atoms with Crippen LogP contribution in [-0.4, -0.2) is 26.9 Å². The van der Waals surface area contributed by atoms with E-state index < -0.39 is 12.0 Å². The molecule has 0 radical (unpaired) electrons. The molecule has 1 fully saturated rings. The summed E-state index contributed by atoms with van der Waals surface area (Å²) in [7, 11) is 0. The Bertz CT molecular complexity index is 546. The molecule has 0 saturated heterocycles. The molecule has 1 aliphatic rings. The highest BCUT2D eigenvalue weighted by molar-refractivity contribution is 9.10. The summed E-state index contributed by atoms with van der Waals surface area (Å²) < 4.78 is 8.17. The van der Waals surface area contributed by atoms with Gasteiger partial charge in [0.05, 0.1) is 6.61 Å². The quantitative estimate of drug-likeness (QED) is 0.757. The zero-order valence-electron chi connectivity index (χ0n) is 12.5. The van der Waals surface area contributed by atoms with Crippen LogP contribution in [0.1, 0.15) is 52.0 Å². The molecule has 0 amide bonds. The van der Waals surface area contributed by atoms with Gasteiger partial charge in [0.15, 0.2) is 0 Å². The number of hydrogen-bond acceptors (Lipinski definition) is 4. The van der Waals surface area contributed by atoms with Gasteiger partial charge in [0, 0.05) is 6.54 Å². The first kappa shape index (κ1) is 16.3. The van der Waals surface area contributed by atoms with E-state index in [4.69, 9.17) is 4.74 Å². The summed E-state index contributed by atoms with van der Waals surface area (Å²) in [6, 6.07) is -0.674. The van der Waals surface area contributed by atoms with Crippen molar-refractivity contribution < 1.29 is 9.53 Å². The number of rotatable bonds is 5. The third-order valence-electron chi connectivity index (χ3n) is 4.00. The van der Waals surface area contributed by atoms with Gasteiger partial charge >= 0.3 is 11.7 Å². The van der Waals surface area contributed by atoms with Crippen LogP contribution in [0.25, 0.3) is 0 Å². The van der Waals surface area contributed by atoms with Crippen molar-refractivity contribution >= 4 is 21.9 Å². The molecule has 0 spiro atoms. The molecule has 1 aromatic rings. The van der Waals surface area contributed by atoms with Gasteiger partial charge in [0.2, 0.25) is 4.73 Å². The largest absolute Gasteiger partial charge is 0.464 e. The van der Waals surface area contributed by atoms with Gasteiger partial charge in [0.25, 0.3) is 0 Å². The van der Waals surface area contributed by atoms with E-state index in [9.17, 15) is 9.59 Å². The Morgan fingerprint density at radius 1 is 1.43 bits per heavy atom. The molecule has 21 heavy (non-hydrogen) atoms. The molecule has 1 atom stereocenters. The summed E-state index contributed by atoms with van der Waals surface area (Å²) in [4.78, 5) is 24.2. The van der Waals surface area contributed by atoms with Crippen molar-refractivity contribution in [2.75, 3.05) is 6.61 Å². The minimum atomic E-state index is -0.674. The molecule has 0 N–H and O–H groups in total. The van der Waals surface area contributed by atoms with Crippen LogP contribution in [0.3, 0.4) is 0 Å². The minimum Gasteiger partial charge on any atom is -0.464 e. The van der Waals surface area contributed by atoms with Crippen LogP contribution in [0, 0.1) is 5.92 Å². The molecule has 0 unspecified atom stereocenters. The SMILES string of the molecule is CCOC(=O)[C@@H](C)n1c(Br)nn(CC2CCCCC2)c1=O. The second-order valence-electron chi connectivity index (χ2n) is 5.54. The van der Waals surface area contributed by atoms with Crippen molar-refractivity contribution in [1.82, 2.24) is 14.3 Å². The lowest BCUT2D eigenvalue weighted by Gasteiger charge is -2.20. The van der Waals surface area contributed by atoms with Gasteiger partial charge in [0.1, 0.15) is 6.04 Å². The van der Waals surface area contributed by atoms with Crippen LogP contribution in [0.4, 0.5) is 0 Å². The Morgan fingerprint density at radius 3 is 2.71 bits per heavy atom. The van der Waals surface area contributed by atoms with Gasteiger partial charge in [-0.1, -0.05) is 19.3 Å². The Morgan fingerprint density at radius 2 is 2.10 bits per heavy atom. The maximum Gasteiger partial charge on any atom is 0.347 e. The molecule has 1 saturated carbocycles. The first-order valence-electron chi connectivity index (χ1n) is 7.56. The van der Waals surface area contributed by atoms with Crippen LogP contribution in [0.5, 0.6) is 0 Å². The average Bonchev–Trinajstić information content (AvgIpc) is 2.74. The number of carbonyl (C=O) groups is 1. The minimum absolute atomic E-state index is 0.256. The third-order valence-corrected chi connectivity index (χ3v) is 4.54. The van der Waals surface area contributed by atoms with E-state index in [-0.39, 0.29) is 5.69 Å². The van der Waals surface area contributed by atoms with Gasteiger partial charge in [-0.2, -0.15) is 0 Å². The highest BCUT2D eigenvalue weighted by atomic mass is 79.9. The van der Waals surface area contributed by atoms with Gasteiger partial charge in [-0.05, 0) is 48.5 Å². The van der Waals surface area contributed by atoms with Gasteiger partial charge in [-0.25, -0.2) is 14.3 Å². The highest BCUT2D eigenvalue weighted by Gasteiger charge is 2.24. The maximum absolute atomic E-state index is 12.4. The number of hydrogen-bond donors (Lipinski definition) is 0. The summed E-state index contributed by atoms with van der Waals surface area (Å²) in [5.74, 6) is 0.0853. The van der Waals surface area contributed by atoms with E-state index >= 15 is 0 Å². The Hall–Kier alpha value is -1.11. The van der Waals surface area contributed by atoms with Crippen molar-refractivity contribution in [3.05, 3.63) is 15.2 Å². The van der Waals surface area contributed by atoms with E-state index in [0.29, 0.717) is 23.8 Å². The van der Waals surface area contributed by atoms with Crippen LogP contribution >= 0.6 is 15.9 Å². The summed E-state index contributed by atoms with van der Waals surface area (Å²) in [6.07, 6.45) is 6.01. The number of halogens is 1. The molecule has 0 aliphatic heterocycles. The summed E-state index contributed by atoms with van der Waals surface area (Å²) in [5, 5.41) is 4.24. The maximum atomic E-state index is 12.4. The summed E-state index contributed by atoms with van der Waals surface area (Å²) >= 11 is 3.28. The summed E-state index contributed by atoms with van der Waals surface area (Å²) in [5.41, 5.74) is -0.256. The number of esters is 1. The molecular weight excluding hydrogens is 338 g/mol. The van der Waals surface area contributed by atoms with Gasteiger partial charge < -0.3 is 4.74 Å². The second kappa shape index (κ2) is 7.24. The fraction of sp³-hybridized carbons (Fsp3) is 0.786. The lowest BCUT2D eigenvalue weighted by molar-refractivity contribution is -0.146. The molecule has 0 bridgehead atoms. The number of nitrogens with zero attached hydrogens (tertiary/aromatic N) is 3. The molecule has 7 heteroatoms. The molecule has 0 aromatic carbocycles. The summed E-state index contributed by atoms with van der Waals surface area (Å²) in [6.45, 7) is 4.32. The van der Waals surface area contributed by atoms with E-state index in [1.165, 1.54) is 28.5 Å². The number of aromatic nitrogens is 3. The zero-order valence-corrected chi connectivity index (χ0v) is 14.1. The van der Waals surface area contributed by atoms with Crippen LogP contribution in [0.2, 0.25) is 0 Å². The van der Waals surface area contributed by atoms with Gasteiger partial charge in [-0.15, -0.1) is 5.10 Å². The molecule has 1 aliphatic carbocycles. The fourth-order valence-electron chi connectivity index (χ4n) is 2.82. The van der Waals surface area contributed by atoms with E-state index in [1.54, 1.807) is 13.8 Å². The lowest BCUT2D eigenvalue weighted by atomic mass is 9.89. The molecular formula is C14H22BrN3O3. The van der Waals surface area contributed by atoms with E-state index in [1.807, 2.05) is 0 Å². The Labute approximate surface area is 132 Å². The van der Waals surface area contributed by atoms with E-state index in [2.05, 4.69) is 21.0 Å². The van der Waals surface area contributed by atoms with Crippen molar-refractivity contribution in [3.8, 4) is 0 Å². The first-order valence-corrected chi connectivity index (χ1v) is 8.35. The topological polar surface area (TPSA) is 66.1 Å². The number of ether oxygens (including phenoxy) is 1. The first-order chi connectivity index (χ1) is 10.0. The second-order valence-corrected chi connectivity index (χ2v) is 6.25. The standard InChI is InChI=1S/C14H22BrN3O3/c1-3-21-12(19)10(2)18-13(15)16-17(14(18)20)9-11-7-5-4-6-8-11/h10-11H,3-9H2,1-2H3/t10-/m1/s1. The predicted molar refractivity (Wildman–Crippen MR) is 82.1 cm³/mol. The van der Waals surface area contributed by atoms with Crippen molar-refractivity contribution in [1.29, 1.82) is 0 Å². The van der Waals surface area contributed by atoms with E-state index in [0.717, 1.165) is 12.8 Å². The van der Waals surface area contributed by atoms with Gasteiger partial charge in [-0.3, -0.25) is 4.57 Å². The smallest absolute Gasteiger partial charge is 0.347 e. The van der Waals surface area contributed by atoms with Crippen molar-refractivity contribution in [3.63, 3.8) is 0 Å². The van der Waals surface area contributed by atoms with Crippen molar-refractivity contribution in [2.45, 2.75) is 58.5 Å². The normalized spacial score (nSPS) is 17.7. The monoisotopic (exact) mass is 359 g/mol. The molecule has 118 valence electrons. The van der Waals surface area contributed by atoms with Crippen molar-refractivity contribution in [2.24, 2.45) is 5.92 Å². The molecule has 6 nitrogen and oxygen atoms in total. The molecule has 1 heterocycles. The van der Waals surface area contributed by atoms with Crippen LogP contribution in [-0.2, 0) is 16.1 Å². The zero-order chi connectivity index (χ0) is 15.4. The predicted octanol–water partition coefficient (Wildman–Crippen LogP) is 2.51. The Balaban J connectivity index is 2.16. The molecule has 1 aromatic heterocycles. The van der Waals surface area contributed by atoms with Crippen LogP contribution in [0.15, 0.2) is 9.53 Å². The third kappa shape index (κ3) is 3.75. The Kier molecular flexibility index (Phi) is 5.61. The number of carbonyl (C=O) groups excluding carboxylic acids is 1. The average molecular weight is 360 g/mol. The molecule has 2 rings (SSSR count).